The predicted octanol–water partition coefficient (Wildman–Crippen LogP) is 1.26. The van der Waals surface area contributed by atoms with Crippen LogP contribution in [0.4, 0.5) is 0 Å². The Hall–Kier alpha value is -2.28. The lowest BCUT2D eigenvalue weighted by molar-refractivity contribution is -0.142. The molecular formula is C14H15NO3. The lowest BCUT2D eigenvalue weighted by Gasteiger charge is -2.15. The van der Waals surface area contributed by atoms with Gasteiger partial charge in [0, 0.05) is 11.5 Å². The number of benzene rings is 1. The van der Waals surface area contributed by atoms with Gasteiger partial charge in [-0.25, -0.2) is 4.79 Å². The largest absolute Gasteiger partial charge is 0.480 e. The summed E-state index contributed by atoms with van der Waals surface area (Å²) < 4.78 is 0. The van der Waals surface area contributed by atoms with Crippen molar-refractivity contribution in [2.75, 3.05) is 0 Å². The highest BCUT2D eigenvalue weighted by Gasteiger charge is 2.22. The Bertz CT molecular complexity index is 483. The van der Waals surface area contributed by atoms with Crippen molar-refractivity contribution < 1.29 is 14.7 Å². The summed E-state index contributed by atoms with van der Waals surface area (Å²) in [6.45, 7) is 3.45. The van der Waals surface area contributed by atoms with E-state index in [4.69, 9.17) is 5.11 Å². The minimum atomic E-state index is -1.06. The predicted molar refractivity (Wildman–Crippen MR) is 67.7 cm³/mol. The standard InChI is InChI=1S/C14H15NO3/c1-10(2)13(14(17)18)15-12(16)9-8-11-6-4-3-5-7-11/h3-7,10,13H,1-2H3,(H,15,16)(H,17,18)/t13-/m1/s1. The molecule has 0 aromatic heterocycles. The first-order chi connectivity index (χ1) is 8.50. The van der Waals surface area contributed by atoms with Crippen molar-refractivity contribution in [1.82, 2.24) is 5.32 Å². The number of carbonyl (C=O) groups is 2. The van der Waals surface area contributed by atoms with Gasteiger partial charge in [-0.3, -0.25) is 4.79 Å². The molecule has 1 atom stereocenters. The van der Waals surface area contributed by atoms with Crippen molar-refractivity contribution in [3.8, 4) is 11.8 Å². The third-order valence-electron chi connectivity index (χ3n) is 2.31. The zero-order valence-electron chi connectivity index (χ0n) is 10.3. The van der Waals surface area contributed by atoms with Gasteiger partial charge in [-0.05, 0) is 18.1 Å². The quantitative estimate of drug-likeness (QED) is 0.788. The molecular weight excluding hydrogens is 230 g/mol. The molecule has 0 aliphatic rings. The van der Waals surface area contributed by atoms with Gasteiger partial charge in [0.2, 0.25) is 0 Å². The second kappa shape index (κ2) is 6.45. The molecule has 0 spiro atoms. The van der Waals surface area contributed by atoms with Gasteiger partial charge in [0.1, 0.15) is 6.04 Å². The molecule has 1 rings (SSSR count). The second-order valence-corrected chi connectivity index (χ2v) is 4.15. The summed E-state index contributed by atoms with van der Waals surface area (Å²) in [6.07, 6.45) is 0. The number of amides is 1. The molecule has 18 heavy (non-hydrogen) atoms. The SMILES string of the molecule is CC(C)[C@@H](NC(=O)C#Cc1ccccc1)C(=O)O. The van der Waals surface area contributed by atoms with Crippen LogP contribution >= 0.6 is 0 Å². The van der Waals surface area contributed by atoms with E-state index in [-0.39, 0.29) is 5.92 Å². The van der Waals surface area contributed by atoms with Crippen molar-refractivity contribution in [2.24, 2.45) is 5.92 Å². The highest BCUT2D eigenvalue weighted by molar-refractivity contribution is 5.96. The number of nitrogens with one attached hydrogen (secondary N) is 1. The van der Waals surface area contributed by atoms with Crippen LogP contribution in [0.3, 0.4) is 0 Å². The maximum Gasteiger partial charge on any atom is 0.326 e. The normalized spacial score (nSPS) is 11.3. The minimum absolute atomic E-state index is 0.190. The first-order valence-electron chi connectivity index (χ1n) is 5.61. The summed E-state index contributed by atoms with van der Waals surface area (Å²) in [4.78, 5) is 22.4. The fourth-order valence-corrected chi connectivity index (χ4v) is 1.34. The molecule has 0 saturated heterocycles. The number of carboxylic acids is 1. The monoisotopic (exact) mass is 245 g/mol. The van der Waals surface area contributed by atoms with Gasteiger partial charge in [0.15, 0.2) is 0 Å². The zero-order valence-corrected chi connectivity index (χ0v) is 10.3. The van der Waals surface area contributed by atoms with E-state index in [2.05, 4.69) is 17.2 Å². The van der Waals surface area contributed by atoms with Gasteiger partial charge >= 0.3 is 5.97 Å². The number of rotatable bonds is 3. The Labute approximate surface area is 106 Å². The number of carbonyl (C=O) groups excluding carboxylic acids is 1. The van der Waals surface area contributed by atoms with Crippen LogP contribution in [0.5, 0.6) is 0 Å². The first-order valence-corrected chi connectivity index (χ1v) is 5.61. The van der Waals surface area contributed by atoms with Crippen LogP contribution in [0.2, 0.25) is 0 Å². The van der Waals surface area contributed by atoms with Gasteiger partial charge in [0.25, 0.3) is 5.91 Å². The van der Waals surface area contributed by atoms with E-state index >= 15 is 0 Å². The molecule has 1 amide bonds. The van der Waals surface area contributed by atoms with Crippen molar-refractivity contribution >= 4 is 11.9 Å². The van der Waals surface area contributed by atoms with Crippen LogP contribution in [-0.2, 0) is 9.59 Å². The van der Waals surface area contributed by atoms with Crippen molar-refractivity contribution in [3.05, 3.63) is 35.9 Å². The third kappa shape index (κ3) is 4.30. The van der Waals surface area contributed by atoms with Crippen LogP contribution in [0.15, 0.2) is 30.3 Å². The molecule has 0 bridgehead atoms. The number of hydrogen-bond donors (Lipinski definition) is 2. The van der Waals surface area contributed by atoms with Crippen LogP contribution in [-0.4, -0.2) is 23.0 Å². The molecule has 0 radical (unpaired) electrons. The Kier molecular flexibility index (Phi) is 4.94. The molecule has 0 fully saturated rings. The maximum atomic E-state index is 11.5. The summed E-state index contributed by atoms with van der Waals surface area (Å²) in [5.74, 6) is 3.22. The lowest BCUT2D eigenvalue weighted by atomic mass is 10.1. The molecule has 1 aromatic rings. The summed E-state index contributed by atoms with van der Waals surface area (Å²) in [5.41, 5.74) is 0.712. The Morgan fingerprint density at radius 2 is 1.83 bits per heavy atom. The van der Waals surface area contributed by atoms with E-state index in [0.29, 0.717) is 5.56 Å². The molecule has 0 heterocycles. The molecule has 0 unspecified atom stereocenters. The molecule has 0 aliphatic heterocycles. The molecule has 4 heteroatoms. The number of aliphatic carboxylic acids is 1. The van der Waals surface area contributed by atoms with Gasteiger partial charge in [0.05, 0.1) is 0 Å². The highest BCUT2D eigenvalue weighted by Crippen LogP contribution is 2.01. The summed E-state index contributed by atoms with van der Waals surface area (Å²) in [5, 5.41) is 11.3. The summed E-state index contributed by atoms with van der Waals surface area (Å²) in [6, 6.07) is 8.12. The highest BCUT2D eigenvalue weighted by atomic mass is 16.4. The lowest BCUT2D eigenvalue weighted by Crippen LogP contribution is -2.43. The van der Waals surface area contributed by atoms with E-state index < -0.39 is 17.9 Å². The van der Waals surface area contributed by atoms with Crippen LogP contribution in [0.1, 0.15) is 19.4 Å². The molecule has 4 nitrogen and oxygen atoms in total. The van der Waals surface area contributed by atoms with Crippen LogP contribution in [0.25, 0.3) is 0 Å². The fraction of sp³-hybridized carbons (Fsp3) is 0.286. The number of hydrogen-bond acceptors (Lipinski definition) is 2. The minimum Gasteiger partial charge on any atom is -0.480 e. The van der Waals surface area contributed by atoms with E-state index in [0.717, 1.165) is 0 Å². The van der Waals surface area contributed by atoms with Gasteiger partial charge in [-0.1, -0.05) is 38.0 Å². The smallest absolute Gasteiger partial charge is 0.326 e. The van der Waals surface area contributed by atoms with Gasteiger partial charge in [-0.15, -0.1) is 0 Å². The maximum absolute atomic E-state index is 11.5. The fourth-order valence-electron chi connectivity index (χ4n) is 1.34. The Morgan fingerprint density at radius 1 is 1.22 bits per heavy atom. The van der Waals surface area contributed by atoms with Crippen LogP contribution < -0.4 is 5.32 Å². The van der Waals surface area contributed by atoms with Crippen molar-refractivity contribution in [2.45, 2.75) is 19.9 Å². The van der Waals surface area contributed by atoms with Crippen molar-refractivity contribution in [1.29, 1.82) is 0 Å². The number of carboxylic acid groups (broad SMARTS) is 1. The average molecular weight is 245 g/mol. The first kappa shape index (κ1) is 13.8. The van der Waals surface area contributed by atoms with Crippen LogP contribution in [0, 0.1) is 17.8 Å². The second-order valence-electron chi connectivity index (χ2n) is 4.15. The van der Waals surface area contributed by atoms with E-state index in [9.17, 15) is 9.59 Å². The van der Waals surface area contributed by atoms with E-state index in [1.54, 1.807) is 26.0 Å². The molecule has 0 saturated carbocycles. The summed E-state index contributed by atoms with van der Waals surface area (Å²) in [7, 11) is 0. The topological polar surface area (TPSA) is 66.4 Å². The van der Waals surface area contributed by atoms with E-state index in [1.807, 2.05) is 18.2 Å². The molecule has 1 aromatic carbocycles. The van der Waals surface area contributed by atoms with E-state index in [1.165, 1.54) is 0 Å². The summed E-state index contributed by atoms with van der Waals surface area (Å²) >= 11 is 0. The van der Waals surface area contributed by atoms with Crippen molar-refractivity contribution in [3.63, 3.8) is 0 Å². The third-order valence-corrected chi connectivity index (χ3v) is 2.31. The zero-order chi connectivity index (χ0) is 13.5. The molecule has 2 N–H and O–H groups in total. The van der Waals surface area contributed by atoms with Gasteiger partial charge in [-0.2, -0.15) is 0 Å². The Morgan fingerprint density at radius 3 is 2.33 bits per heavy atom. The average Bonchev–Trinajstić information content (AvgIpc) is 2.34. The van der Waals surface area contributed by atoms with Gasteiger partial charge < -0.3 is 10.4 Å². The molecule has 94 valence electrons. The molecule has 0 aliphatic carbocycles. The Balaban J connectivity index is 2.67.